The fraction of sp³-hybridized carbons (Fsp3) is 0.538. The minimum Gasteiger partial charge on any atom is -0.321 e. The molecular weight excluding hydrogens is 234 g/mol. The number of imidazole rings is 1. The third-order valence-electron chi connectivity index (χ3n) is 3.31. The van der Waals surface area contributed by atoms with E-state index in [1.165, 1.54) is 0 Å². The molecule has 0 bridgehead atoms. The van der Waals surface area contributed by atoms with Crippen LogP contribution in [0, 0.1) is 0 Å². The van der Waals surface area contributed by atoms with Crippen LogP contribution in [0.15, 0.2) is 18.5 Å². The number of aromatic nitrogens is 3. The molecule has 3 nitrogen and oxygen atoms in total. The number of hydrogen-bond donors (Lipinski definition) is 0. The lowest BCUT2D eigenvalue weighted by Crippen LogP contribution is -2.27. The van der Waals surface area contributed by atoms with Crippen LogP contribution < -0.4 is 0 Å². The molecule has 0 saturated carbocycles. The second-order valence-corrected chi connectivity index (χ2v) is 5.61. The van der Waals surface area contributed by atoms with E-state index < -0.39 is 0 Å². The zero-order chi connectivity index (χ0) is 12.6. The van der Waals surface area contributed by atoms with Crippen LogP contribution in [0.5, 0.6) is 0 Å². The molecule has 0 aromatic carbocycles. The molecule has 0 aliphatic rings. The van der Waals surface area contributed by atoms with Gasteiger partial charge in [0.1, 0.15) is 11.3 Å². The maximum atomic E-state index is 6.24. The van der Waals surface area contributed by atoms with Gasteiger partial charge in [-0.05, 0) is 33.3 Å². The van der Waals surface area contributed by atoms with Crippen LogP contribution in [-0.4, -0.2) is 14.5 Å². The zero-order valence-electron chi connectivity index (χ0n) is 10.7. The molecule has 1 atom stereocenters. The van der Waals surface area contributed by atoms with Crippen molar-refractivity contribution in [3.63, 3.8) is 0 Å². The third kappa shape index (κ3) is 2.04. The minimum atomic E-state index is -0.103. The smallest absolute Gasteiger partial charge is 0.128 e. The predicted octanol–water partition coefficient (Wildman–Crippen LogP) is 3.88. The zero-order valence-corrected chi connectivity index (χ0v) is 11.5. The second-order valence-electron chi connectivity index (χ2n) is 4.95. The highest BCUT2D eigenvalue weighted by atomic mass is 35.5. The van der Waals surface area contributed by atoms with Crippen LogP contribution in [0.4, 0.5) is 0 Å². The molecule has 2 aromatic heterocycles. The predicted molar refractivity (Wildman–Crippen MR) is 71.4 cm³/mol. The highest BCUT2D eigenvalue weighted by Crippen LogP contribution is 2.32. The van der Waals surface area contributed by atoms with E-state index in [-0.39, 0.29) is 10.9 Å². The Bertz CT molecular complexity index is 528. The van der Waals surface area contributed by atoms with Gasteiger partial charge in [-0.3, -0.25) is 4.98 Å². The van der Waals surface area contributed by atoms with Crippen LogP contribution in [0.2, 0.25) is 0 Å². The molecule has 2 rings (SSSR count). The van der Waals surface area contributed by atoms with Gasteiger partial charge < -0.3 is 4.57 Å². The Labute approximate surface area is 107 Å². The summed E-state index contributed by atoms with van der Waals surface area (Å²) in [6.45, 7) is 8.54. The number of nitrogens with zero attached hydrogens (tertiary/aromatic N) is 3. The summed E-state index contributed by atoms with van der Waals surface area (Å²) < 4.78 is 2.24. The van der Waals surface area contributed by atoms with E-state index in [1.807, 2.05) is 13.0 Å². The van der Waals surface area contributed by atoms with Crippen molar-refractivity contribution in [3.05, 3.63) is 24.3 Å². The average molecular weight is 252 g/mol. The summed E-state index contributed by atoms with van der Waals surface area (Å²) in [4.78, 5) is 8.71. The molecule has 0 fully saturated rings. The lowest BCUT2D eigenvalue weighted by atomic mass is 10.0. The van der Waals surface area contributed by atoms with Crippen molar-refractivity contribution >= 4 is 22.6 Å². The van der Waals surface area contributed by atoms with Gasteiger partial charge in [-0.15, -0.1) is 11.6 Å². The third-order valence-corrected chi connectivity index (χ3v) is 3.50. The first-order valence-electron chi connectivity index (χ1n) is 5.94. The molecule has 4 heteroatoms. The fourth-order valence-electron chi connectivity index (χ4n) is 2.01. The maximum absolute atomic E-state index is 6.24. The molecule has 0 radical (unpaired) electrons. The fourth-order valence-corrected chi connectivity index (χ4v) is 2.16. The van der Waals surface area contributed by atoms with Crippen LogP contribution in [-0.2, 0) is 5.54 Å². The average Bonchev–Trinajstić information content (AvgIpc) is 2.69. The van der Waals surface area contributed by atoms with Gasteiger partial charge in [0.25, 0.3) is 0 Å². The summed E-state index contributed by atoms with van der Waals surface area (Å²) in [5.74, 6) is 0.918. The van der Waals surface area contributed by atoms with E-state index in [0.29, 0.717) is 0 Å². The highest BCUT2D eigenvalue weighted by molar-refractivity contribution is 6.20. The summed E-state index contributed by atoms with van der Waals surface area (Å²) in [7, 11) is 0. The molecule has 17 heavy (non-hydrogen) atoms. The Kier molecular flexibility index (Phi) is 3.13. The Balaban J connectivity index is 2.77. The van der Waals surface area contributed by atoms with Crippen LogP contribution in [0.3, 0.4) is 0 Å². The standard InChI is InChI=1S/C13H18ClN3/c1-5-13(3,4)17-11-6-7-15-8-10(11)16-12(17)9(2)14/h6-9H,5H2,1-4H3. The van der Waals surface area contributed by atoms with E-state index >= 15 is 0 Å². The number of fused-ring (bicyclic) bond motifs is 1. The molecule has 0 aliphatic heterocycles. The first-order chi connectivity index (χ1) is 7.97. The summed E-state index contributed by atoms with van der Waals surface area (Å²) in [5, 5.41) is -0.103. The Morgan fingerprint density at radius 2 is 2.18 bits per heavy atom. The molecule has 1 unspecified atom stereocenters. The molecule has 0 saturated heterocycles. The SMILES string of the molecule is CCC(C)(C)n1c(C(C)Cl)nc2cnccc21. The Morgan fingerprint density at radius 1 is 1.47 bits per heavy atom. The van der Waals surface area contributed by atoms with E-state index in [1.54, 1.807) is 12.4 Å². The normalized spacial score (nSPS) is 14.2. The summed E-state index contributed by atoms with van der Waals surface area (Å²) in [6, 6.07) is 2.00. The van der Waals surface area contributed by atoms with Crippen LogP contribution in [0.25, 0.3) is 11.0 Å². The van der Waals surface area contributed by atoms with Gasteiger partial charge in [0.15, 0.2) is 0 Å². The van der Waals surface area contributed by atoms with Gasteiger partial charge in [0.2, 0.25) is 0 Å². The lowest BCUT2D eigenvalue weighted by Gasteiger charge is -2.28. The molecule has 2 heterocycles. The molecule has 0 aliphatic carbocycles. The Morgan fingerprint density at radius 3 is 2.76 bits per heavy atom. The van der Waals surface area contributed by atoms with Gasteiger partial charge in [0, 0.05) is 11.7 Å². The van der Waals surface area contributed by atoms with E-state index in [0.717, 1.165) is 23.3 Å². The quantitative estimate of drug-likeness (QED) is 0.776. The van der Waals surface area contributed by atoms with Gasteiger partial charge in [0.05, 0.1) is 17.1 Å². The molecular formula is C13H18ClN3. The molecule has 0 spiro atoms. The summed E-state index contributed by atoms with van der Waals surface area (Å²) >= 11 is 6.24. The van der Waals surface area contributed by atoms with Crippen molar-refractivity contribution in [1.82, 2.24) is 14.5 Å². The van der Waals surface area contributed by atoms with Crippen molar-refractivity contribution in [2.24, 2.45) is 0 Å². The van der Waals surface area contributed by atoms with Crippen molar-refractivity contribution in [3.8, 4) is 0 Å². The molecule has 0 amide bonds. The number of alkyl halides is 1. The first-order valence-corrected chi connectivity index (χ1v) is 6.38. The maximum Gasteiger partial charge on any atom is 0.128 e. The van der Waals surface area contributed by atoms with E-state index in [2.05, 4.69) is 35.3 Å². The molecule has 92 valence electrons. The van der Waals surface area contributed by atoms with Crippen LogP contribution in [0.1, 0.15) is 45.3 Å². The van der Waals surface area contributed by atoms with Crippen molar-refractivity contribution in [1.29, 1.82) is 0 Å². The summed E-state index contributed by atoms with van der Waals surface area (Å²) in [5.41, 5.74) is 2.03. The number of pyridine rings is 1. The molecule has 0 N–H and O–H groups in total. The number of halogens is 1. The van der Waals surface area contributed by atoms with E-state index in [4.69, 9.17) is 11.6 Å². The summed E-state index contributed by atoms with van der Waals surface area (Å²) in [6.07, 6.45) is 4.62. The van der Waals surface area contributed by atoms with Crippen LogP contribution >= 0.6 is 11.6 Å². The second kappa shape index (κ2) is 4.30. The van der Waals surface area contributed by atoms with Crippen molar-refractivity contribution in [2.75, 3.05) is 0 Å². The minimum absolute atomic E-state index is 0.00852. The van der Waals surface area contributed by atoms with Gasteiger partial charge in [-0.1, -0.05) is 6.92 Å². The monoisotopic (exact) mass is 251 g/mol. The van der Waals surface area contributed by atoms with Gasteiger partial charge >= 0.3 is 0 Å². The van der Waals surface area contributed by atoms with E-state index in [9.17, 15) is 0 Å². The number of hydrogen-bond acceptors (Lipinski definition) is 2. The topological polar surface area (TPSA) is 30.7 Å². The first kappa shape index (κ1) is 12.4. The van der Waals surface area contributed by atoms with Gasteiger partial charge in [-0.25, -0.2) is 4.98 Å². The van der Waals surface area contributed by atoms with Crippen molar-refractivity contribution < 1.29 is 0 Å². The Hall–Kier alpha value is -1.09. The van der Waals surface area contributed by atoms with Gasteiger partial charge in [-0.2, -0.15) is 0 Å². The molecule has 2 aromatic rings. The lowest BCUT2D eigenvalue weighted by molar-refractivity contribution is 0.341. The van der Waals surface area contributed by atoms with Crippen molar-refractivity contribution in [2.45, 2.75) is 45.0 Å². The number of rotatable bonds is 3. The highest BCUT2D eigenvalue weighted by Gasteiger charge is 2.26. The largest absolute Gasteiger partial charge is 0.321 e.